The minimum atomic E-state index is -1.42. The fourth-order valence-electron chi connectivity index (χ4n) is 2.63. The third-order valence-corrected chi connectivity index (χ3v) is 5.08. The molecule has 26 heavy (non-hydrogen) atoms. The standard InChI is InChI=1S/C18H13NO6S/c20-15-9-14(26-13-7-2-1-6-12(13)18(24)25)16(21)19(15)11-5-3-4-10(8-11)17(22)23/h1-8,14H,9H2,(H,22,23)(H,24,25)/p-2/t14-/m1/s1. The van der Waals surface area contributed by atoms with Gasteiger partial charge in [0, 0.05) is 16.9 Å². The third-order valence-electron chi connectivity index (χ3n) is 3.82. The minimum absolute atomic E-state index is 0.0600. The maximum Gasteiger partial charge on any atom is 0.247 e. The number of carboxylic acids is 2. The second-order valence-electron chi connectivity index (χ2n) is 5.50. The summed E-state index contributed by atoms with van der Waals surface area (Å²) in [6, 6.07) is 11.4. The highest BCUT2D eigenvalue weighted by Crippen LogP contribution is 2.35. The van der Waals surface area contributed by atoms with Gasteiger partial charge < -0.3 is 19.8 Å². The molecule has 0 radical (unpaired) electrons. The van der Waals surface area contributed by atoms with Gasteiger partial charge in [-0.1, -0.05) is 30.3 Å². The van der Waals surface area contributed by atoms with Crippen LogP contribution in [0, 0.1) is 0 Å². The van der Waals surface area contributed by atoms with Crippen molar-refractivity contribution in [3.05, 3.63) is 59.7 Å². The number of hydrogen-bond donors (Lipinski definition) is 0. The molecule has 2 aromatic rings. The van der Waals surface area contributed by atoms with Gasteiger partial charge in [-0.15, -0.1) is 11.8 Å². The average molecular weight is 369 g/mol. The molecule has 1 saturated heterocycles. The predicted molar refractivity (Wildman–Crippen MR) is 88.3 cm³/mol. The highest BCUT2D eigenvalue weighted by Gasteiger charge is 2.40. The van der Waals surface area contributed by atoms with E-state index in [1.807, 2.05) is 0 Å². The summed E-state index contributed by atoms with van der Waals surface area (Å²) < 4.78 is 0. The molecule has 0 spiro atoms. The molecule has 3 rings (SSSR count). The molecule has 1 fully saturated rings. The van der Waals surface area contributed by atoms with Crippen molar-refractivity contribution in [3.8, 4) is 0 Å². The highest BCUT2D eigenvalue weighted by molar-refractivity contribution is 8.00. The second-order valence-corrected chi connectivity index (χ2v) is 6.74. The Balaban J connectivity index is 1.87. The van der Waals surface area contributed by atoms with Crippen LogP contribution in [0.25, 0.3) is 0 Å². The first-order chi connectivity index (χ1) is 12.4. The van der Waals surface area contributed by atoms with E-state index in [4.69, 9.17) is 0 Å². The number of anilines is 1. The van der Waals surface area contributed by atoms with Crippen molar-refractivity contribution in [1.29, 1.82) is 0 Å². The molecule has 132 valence electrons. The minimum Gasteiger partial charge on any atom is -0.545 e. The number of rotatable bonds is 5. The molecule has 7 nitrogen and oxygen atoms in total. The van der Waals surface area contributed by atoms with Gasteiger partial charge in [-0.2, -0.15) is 0 Å². The van der Waals surface area contributed by atoms with Crippen molar-refractivity contribution in [2.24, 2.45) is 0 Å². The number of carbonyl (C=O) groups is 4. The number of thioether (sulfide) groups is 1. The largest absolute Gasteiger partial charge is 0.545 e. The van der Waals surface area contributed by atoms with Crippen molar-refractivity contribution < 1.29 is 29.4 Å². The lowest BCUT2D eigenvalue weighted by atomic mass is 10.2. The summed E-state index contributed by atoms with van der Waals surface area (Å²) in [5, 5.41) is 21.3. The Morgan fingerprint density at radius 1 is 1.00 bits per heavy atom. The summed E-state index contributed by atoms with van der Waals surface area (Å²) in [4.78, 5) is 48.3. The summed E-state index contributed by atoms with van der Waals surface area (Å²) in [6.45, 7) is 0. The van der Waals surface area contributed by atoms with Gasteiger partial charge in [-0.05, 0) is 23.8 Å². The number of nitrogens with zero attached hydrogens (tertiary/aromatic N) is 1. The molecule has 1 aliphatic heterocycles. The van der Waals surface area contributed by atoms with Crippen LogP contribution in [0.4, 0.5) is 5.69 Å². The molecule has 0 aromatic heterocycles. The maximum atomic E-state index is 12.6. The van der Waals surface area contributed by atoms with E-state index in [0.29, 0.717) is 4.90 Å². The third kappa shape index (κ3) is 3.31. The van der Waals surface area contributed by atoms with Gasteiger partial charge in [-0.3, -0.25) is 9.59 Å². The second kappa shape index (κ2) is 7.01. The zero-order valence-electron chi connectivity index (χ0n) is 13.2. The van der Waals surface area contributed by atoms with E-state index in [1.165, 1.54) is 42.5 Å². The van der Waals surface area contributed by atoms with Crippen LogP contribution >= 0.6 is 11.8 Å². The lowest BCUT2D eigenvalue weighted by molar-refractivity contribution is -0.256. The number of aromatic carboxylic acids is 2. The summed E-state index contributed by atoms with van der Waals surface area (Å²) in [5.41, 5.74) is -0.0744. The normalized spacial score (nSPS) is 16.8. The van der Waals surface area contributed by atoms with Crippen molar-refractivity contribution >= 4 is 41.2 Å². The Kier molecular flexibility index (Phi) is 4.77. The zero-order valence-corrected chi connectivity index (χ0v) is 14.0. The molecule has 8 heteroatoms. The zero-order chi connectivity index (χ0) is 18.8. The van der Waals surface area contributed by atoms with Crippen LogP contribution in [-0.2, 0) is 9.59 Å². The number of benzene rings is 2. The van der Waals surface area contributed by atoms with Gasteiger partial charge in [0.2, 0.25) is 11.8 Å². The molecule has 0 N–H and O–H groups in total. The van der Waals surface area contributed by atoms with Gasteiger partial charge >= 0.3 is 0 Å². The summed E-state index contributed by atoms with van der Waals surface area (Å²) in [5.74, 6) is -3.82. The van der Waals surface area contributed by atoms with E-state index in [9.17, 15) is 29.4 Å². The van der Waals surface area contributed by atoms with E-state index in [2.05, 4.69) is 0 Å². The lowest BCUT2D eigenvalue weighted by Crippen LogP contribution is -2.31. The van der Waals surface area contributed by atoms with Crippen LogP contribution in [0.15, 0.2) is 53.4 Å². The van der Waals surface area contributed by atoms with Crippen LogP contribution in [0.2, 0.25) is 0 Å². The smallest absolute Gasteiger partial charge is 0.247 e. The number of carbonyl (C=O) groups excluding carboxylic acids is 4. The van der Waals surface area contributed by atoms with Crippen molar-refractivity contribution in [3.63, 3.8) is 0 Å². The van der Waals surface area contributed by atoms with Crippen LogP contribution < -0.4 is 15.1 Å². The first kappa shape index (κ1) is 17.7. The van der Waals surface area contributed by atoms with Crippen LogP contribution in [0.3, 0.4) is 0 Å². The highest BCUT2D eigenvalue weighted by atomic mass is 32.2. The topological polar surface area (TPSA) is 118 Å². The lowest BCUT2D eigenvalue weighted by Gasteiger charge is -2.17. The van der Waals surface area contributed by atoms with Gasteiger partial charge in [0.05, 0.1) is 22.9 Å². The van der Waals surface area contributed by atoms with Gasteiger partial charge in [0.15, 0.2) is 0 Å². The van der Waals surface area contributed by atoms with Crippen molar-refractivity contribution in [2.45, 2.75) is 16.6 Å². The Labute approximate surface area is 152 Å². The molecule has 0 unspecified atom stereocenters. The SMILES string of the molecule is O=C([O-])c1cccc(N2C(=O)C[C@@H](Sc3ccccc3C(=O)[O-])C2=O)c1. The van der Waals surface area contributed by atoms with Crippen molar-refractivity contribution in [1.82, 2.24) is 0 Å². The monoisotopic (exact) mass is 369 g/mol. The summed E-state index contributed by atoms with van der Waals surface area (Å²) in [7, 11) is 0. The predicted octanol–water partition coefficient (Wildman–Crippen LogP) is -0.162. The first-order valence-electron chi connectivity index (χ1n) is 7.53. The number of amides is 2. The quantitative estimate of drug-likeness (QED) is 0.672. The first-order valence-corrected chi connectivity index (χ1v) is 8.41. The number of imide groups is 1. The molecular weight excluding hydrogens is 358 g/mol. The molecule has 1 heterocycles. The van der Waals surface area contributed by atoms with E-state index in [0.717, 1.165) is 16.7 Å². The molecule has 0 aliphatic carbocycles. The van der Waals surface area contributed by atoms with E-state index >= 15 is 0 Å². The molecule has 0 saturated carbocycles. The Hall–Kier alpha value is -3.13. The molecule has 1 atom stereocenters. The summed E-state index contributed by atoms with van der Waals surface area (Å²) >= 11 is 0.965. The van der Waals surface area contributed by atoms with Crippen LogP contribution in [-0.4, -0.2) is 29.0 Å². The molecule has 0 bridgehead atoms. The van der Waals surface area contributed by atoms with Crippen LogP contribution in [0.5, 0.6) is 0 Å². The molecule has 1 aliphatic rings. The summed E-state index contributed by atoms with van der Waals surface area (Å²) in [6.07, 6.45) is -0.125. The average Bonchev–Trinajstić information content (AvgIpc) is 2.89. The van der Waals surface area contributed by atoms with E-state index in [1.54, 1.807) is 6.07 Å². The van der Waals surface area contributed by atoms with E-state index < -0.39 is 29.0 Å². The van der Waals surface area contributed by atoms with Gasteiger partial charge in [-0.25, -0.2) is 4.90 Å². The Morgan fingerprint density at radius 2 is 1.73 bits per heavy atom. The molecular formula is C18H11NO6S-2. The van der Waals surface area contributed by atoms with Gasteiger partial charge in [0.25, 0.3) is 0 Å². The molecule has 2 aromatic carbocycles. The fourth-order valence-corrected chi connectivity index (χ4v) is 3.80. The van der Waals surface area contributed by atoms with Crippen molar-refractivity contribution in [2.75, 3.05) is 4.90 Å². The van der Waals surface area contributed by atoms with E-state index in [-0.39, 0.29) is 23.2 Å². The van der Waals surface area contributed by atoms with Crippen LogP contribution in [0.1, 0.15) is 27.1 Å². The Morgan fingerprint density at radius 3 is 2.42 bits per heavy atom. The molecule has 2 amide bonds. The Bertz CT molecular complexity index is 925. The number of hydrogen-bond acceptors (Lipinski definition) is 7. The fraction of sp³-hybridized carbons (Fsp3) is 0.111. The maximum absolute atomic E-state index is 12.6. The van der Waals surface area contributed by atoms with Gasteiger partial charge in [0.1, 0.15) is 0 Å². The number of carboxylic acid groups (broad SMARTS) is 2.